The van der Waals surface area contributed by atoms with Gasteiger partial charge in [0.2, 0.25) is 5.91 Å². The number of likely N-dealkylation sites (tertiary alicyclic amines) is 1. The van der Waals surface area contributed by atoms with Crippen molar-refractivity contribution in [2.24, 2.45) is 10.9 Å². The molecule has 1 saturated heterocycles. The van der Waals surface area contributed by atoms with Gasteiger partial charge in [-0.1, -0.05) is 29.8 Å². The molecule has 164 valence electrons. The number of thiazole rings is 1. The average molecular weight is 542 g/mol. The summed E-state index contributed by atoms with van der Waals surface area (Å²) in [5, 5.41) is 9.41. The molecule has 1 amide bonds. The molecule has 0 radical (unpaired) electrons. The summed E-state index contributed by atoms with van der Waals surface area (Å²) in [6.45, 7) is 4.78. The van der Waals surface area contributed by atoms with Gasteiger partial charge in [0.05, 0.1) is 5.69 Å². The Balaban J connectivity index is 0.00000320. The van der Waals surface area contributed by atoms with Crippen LogP contribution in [0.3, 0.4) is 0 Å². The number of hydrogen-bond donors (Lipinski definition) is 2. The fourth-order valence-corrected chi connectivity index (χ4v) is 4.46. The number of hydrogen-bond acceptors (Lipinski definition) is 4. The zero-order valence-electron chi connectivity index (χ0n) is 18.0. The molecule has 0 unspecified atom stereocenters. The van der Waals surface area contributed by atoms with Crippen LogP contribution < -0.4 is 10.6 Å². The molecule has 0 saturated carbocycles. The van der Waals surface area contributed by atoms with Crippen molar-refractivity contribution in [1.82, 2.24) is 20.5 Å². The second-order valence-electron chi connectivity index (χ2n) is 7.54. The summed E-state index contributed by atoms with van der Waals surface area (Å²) in [4.78, 5) is 23.1. The number of aliphatic imine (C=N–C) groups is 1. The maximum absolute atomic E-state index is 11.6. The second-order valence-corrected chi connectivity index (χ2v) is 8.40. The van der Waals surface area contributed by atoms with Crippen LogP contribution in [0.5, 0.6) is 0 Å². The first-order valence-electron chi connectivity index (χ1n) is 10.3. The molecule has 1 aromatic heterocycles. The fourth-order valence-electron chi connectivity index (χ4n) is 3.60. The third kappa shape index (κ3) is 6.94. The topological polar surface area (TPSA) is 69.6 Å². The molecular weight excluding hydrogens is 509 g/mol. The van der Waals surface area contributed by atoms with Crippen LogP contribution in [0.15, 0.2) is 34.6 Å². The zero-order chi connectivity index (χ0) is 20.6. The third-order valence-corrected chi connectivity index (χ3v) is 6.33. The van der Waals surface area contributed by atoms with Gasteiger partial charge in [-0.25, -0.2) is 4.98 Å². The van der Waals surface area contributed by atoms with Gasteiger partial charge in [-0.2, -0.15) is 0 Å². The minimum atomic E-state index is 0. The van der Waals surface area contributed by atoms with Crippen molar-refractivity contribution in [3.05, 3.63) is 40.9 Å². The van der Waals surface area contributed by atoms with E-state index in [0.717, 1.165) is 55.6 Å². The van der Waals surface area contributed by atoms with Gasteiger partial charge in [0.15, 0.2) is 5.96 Å². The minimum Gasteiger partial charge on any atom is -0.359 e. The average Bonchev–Trinajstić information content (AvgIpc) is 3.21. The van der Waals surface area contributed by atoms with Gasteiger partial charge in [-0.15, -0.1) is 35.3 Å². The Hall–Kier alpha value is -1.68. The molecule has 1 aromatic carbocycles. The summed E-state index contributed by atoms with van der Waals surface area (Å²) in [6.07, 6.45) is 3.55. The molecule has 0 atom stereocenters. The number of nitrogens with one attached hydrogen (secondary N) is 2. The second kappa shape index (κ2) is 12.2. The molecule has 2 aromatic rings. The van der Waals surface area contributed by atoms with Crippen LogP contribution >= 0.6 is 35.3 Å². The van der Waals surface area contributed by atoms with E-state index in [4.69, 9.17) is 4.98 Å². The van der Waals surface area contributed by atoms with E-state index in [1.165, 1.54) is 11.1 Å². The number of carbonyl (C=O) groups excluding carboxylic acids is 1. The van der Waals surface area contributed by atoms with Gasteiger partial charge in [0, 0.05) is 57.5 Å². The number of nitrogens with zero attached hydrogens (tertiary/aromatic N) is 3. The first-order chi connectivity index (χ1) is 14.1. The summed E-state index contributed by atoms with van der Waals surface area (Å²) >= 11 is 1.70. The molecule has 3 rings (SSSR count). The molecule has 0 aliphatic carbocycles. The Morgan fingerprint density at radius 3 is 2.60 bits per heavy atom. The van der Waals surface area contributed by atoms with Crippen molar-refractivity contribution in [2.45, 2.75) is 32.6 Å². The summed E-state index contributed by atoms with van der Waals surface area (Å²) in [5.41, 5.74) is 3.55. The monoisotopic (exact) mass is 541 g/mol. The normalized spacial score (nSPS) is 14.9. The number of aromatic nitrogens is 1. The molecular formula is C22H32IN5OS. The van der Waals surface area contributed by atoms with Gasteiger partial charge in [-0.3, -0.25) is 9.79 Å². The van der Waals surface area contributed by atoms with E-state index < -0.39 is 0 Å². The summed E-state index contributed by atoms with van der Waals surface area (Å²) in [5.74, 6) is 1.55. The quantitative estimate of drug-likeness (QED) is 0.333. The van der Waals surface area contributed by atoms with Crippen LogP contribution in [-0.2, 0) is 11.2 Å². The summed E-state index contributed by atoms with van der Waals surface area (Å²) in [6, 6.07) is 8.51. The Morgan fingerprint density at radius 2 is 1.97 bits per heavy atom. The van der Waals surface area contributed by atoms with Gasteiger partial charge >= 0.3 is 0 Å². The van der Waals surface area contributed by atoms with Crippen LogP contribution in [0.2, 0.25) is 0 Å². The Labute approximate surface area is 200 Å². The highest BCUT2D eigenvalue weighted by molar-refractivity contribution is 14.0. The van der Waals surface area contributed by atoms with Crippen molar-refractivity contribution in [3.8, 4) is 10.6 Å². The smallest absolute Gasteiger partial charge is 0.220 e. The number of guanidine groups is 1. The van der Waals surface area contributed by atoms with E-state index in [-0.39, 0.29) is 29.9 Å². The molecule has 0 bridgehead atoms. The van der Waals surface area contributed by atoms with E-state index in [1.807, 2.05) is 7.05 Å². The zero-order valence-corrected chi connectivity index (χ0v) is 21.1. The molecule has 2 heterocycles. The standard InChI is InChI=1S/C22H31N5OS.HI/c1-16-4-6-18(7-5-16)21-26-19(15-29-21)8-11-25-22(24-3)27-12-9-17(10-13-27)14-20(28)23-2;/h4-7,15,17H,8-14H2,1-3H3,(H,23,28)(H,24,25);1H. The van der Waals surface area contributed by atoms with Crippen LogP contribution in [0, 0.1) is 12.8 Å². The van der Waals surface area contributed by atoms with Crippen molar-refractivity contribution in [3.63, 3.8) is 0 Å². The van der Waals surface area contributed by atoms with E-state index in [0.29, 0.717) is 12.3 Å². The molecule has 1 aliphatic heterocycles. The van der Waals surface area contributed by atoms with E-state index in [9.17, 15) is 4.79 Å². The first kappa shape index (κ1) is 24.6. The summed E-state index contributed by atoms with van der Waals surface area (Å²) < 4.78 is 0. The van der Waals surface area contributed by atoms with Gasteiger partial charge in [0.1, 0.15) is 5.01 Å². The molecule has 8 heteroatoms. The van der Waals surface area contributed by atoms with Crippen LogP contribution in [0.25, 0.3) is 10.6 Å². The number of rotatable bonds is 6. The van der Waals surface area contributed by atoms with Crippen molar-refractivity contribution < 1.29 is 4.79 Å². The minimum absolute atomic E-state index is 0. The molecule has 1 fully saturated rings. The largest absolute Gasteiger partial charge is 0.359 e. The van der Waals surface area contributed by atoms with Gasteiger partial charge in [-0.05, 0) is 25.7 Å². The number of amides is 1. The van der Waals surface area contributed by atoms with E-state index in [2.05, 4.69) is 57.1 Å². The highest BCUT2D eigenvalue weighted by atomic mass is 127. The fraction of sp³-hybridized carbons (Fsp3) is 0.500. The van der Waals surface area contributed by atoms with E-state index >= 15 is 0 Å². The SMILES string of the molecule is CN=C(NCCc1csc(-c2ccc(C)cc2)n1)N1CCC(CC(=O)NC)CC1.I. The number of benzene rings is 1. The number of halogens is 1. The van der Waals surface area contributed by atoms with Crippen molar-refractivity contribution in [1.29, 1.82) is 0 Å². The van der Waals surface area contributed by atoms with Crippen molar-refractivity contribution >= 4 is 47.2 Å². The Bertz CT molecular complexity index is 828. The molecule has 6 nitrogen and oxygen atoms in total. The number of piperidine rings is 1. The predicted octanol–water partition coefficient (Wildman–Crippen LogP) is 3.70. The Kier molecular flexibility index (Phi) is 10.0. The maximum atomic E-state index is 11.6. The molecule has 30 heavy (non-hydrogen) atoms. The lowest BCUT2D eigenvalue weighted by Gasteiger charge is -2.34. The van der Waals surface area contributed by atoms with E-state index in [1.54, 1.807) is 18.4 Å². The van der Waals surface area contributed by atoms with Gasteiger partial charge in [0.25, 0.3) is 0 Å². The highest BCUT2D eigenvalue weighted by Gasteiger charge is 2.23. The third-order valence-electron chi connectivity index (χ3n) is 5.39. The van der Waals surface area contributed by atoms with Crippen LogP contribution in [0.4, 0.5) is 0 Å². The van der Waals surface area contributed by atoms with Crippen LogP contribution in [0.1, 0.15) is 30.5 Å². The first-order valence-corrected chi connectivity index (χ1v) is 11.1. The lowest BCUT2D eigenvalue weighted by molar-refractivity contribution is -0.121. The van der Waals surface area contributed by atoms with Gasteiger partial charge < -0.3 is 15.5 Å². The Morgan fingerprint density at radius 1 is 1.27 bits per heavy atom. The number of carbonyl (C=O) groups is 1. The molecule has 2 N–H and O–H groups in total. The van der Waals surface area contributed by atoms with Crippen molar-refractivity contribution in [2.75, 3.05) is 33.7 Å². The maximum Gasteiger partial charge on any atom is 0.220 e. The summed E-state index contributed by atoms with van der Waals surface area (Å²) in [7, 11) is 3.53. The lowest BCUT2D eigenvalue weighted by atomic mass is 9.93. The molecule has 0 spiro atoms. The number of aryl methyl sites for hydroxylation is 1. The molecule has 1 aliphatic rings. The highest BCUT2D eigenvalue weighted by Crippen LogP contribution is 2.24. The lowest BCUT2D eigenvalue weighted by Crippen LogP contribution is -2.46. The van der Waals surface area contributed by atoms with Crippen LogP contribution in [-0.4, -0.2) is 55.5 Å². The predicted molar refractivity (Wildman–Crippen MR) is 136 cm³/mol.